The number of rotatable bonds is 11. The van der Waals surface area contributed by atoms with Crippen LogP contribution in [0.5, 0.6) is 5.75 Å². The van der Waals surface area contributed by atoms with Crippen LogP contribution in [0, 0.1) is 5.92 Å². The van der Waals surface area contributed by atoms with Crippen molar-refractivity contribution in [1.29, 1.82) is 0 Å². The van der Waals surface area contributed by atoms with E-state index in [1.54, 1.807) is 49.6 Å². The van der Waals surface area contributed by atoms with Gasteiger partial charge >= 0.3 is 6.03 Å². The highest BCUT2D eigenvalue weighted by Gasteiger charge is 2.36. The number of amidine groups is 1. The molecule has 0 saturated carbocycles. The fourth-order valence-electron chi connectivity index (χ4n) is 5.88. The van der Waals surface area contributed by atoms with Crippen LogP contribution >= 0.6 is 34.8 Å². The van der Waals surface area contributed by atoms with Crippen LogP contribution in [0.2, 0.25) is 10.0 Å². The summed E-state index contributed by atoms with van der Waals surface area (Å²) >= 11 is 19.2. The second-order valence-corrected chi connectivity index (χ2v) is 17.1. The summed E-state index contributed by atoms with van der Waals surface area (Å²) in [7, 11) is -4.15. The summed E-state index contributed by atoms with van der Waals surface area (Å²) in [6.07, 6.45) is 6.33. The lowest BCUT2D eigenvalue weighted by molar-refractivity contribution is -0.119. The summed E-state index contributed by atoms with van der Waals surface area (Å²) in [6, 6.07) is 9.64. The van der Waals surface area contributed by atoms with E-state index in [1.165, 1.54) is 12.1 Å². The first-order valence-corrected chi connectivity index (χ1v) is 19.4. The van der Waals surface area contributed by atoms with E-state index in [1.807, 2.05) is 49.1 Å². The number of urea groups is 1. The molecule has 3 amide bonds. The highest BCUT2D eigenvalue weighted by Crippen LogP contribution is 2.36. The lowest BCUT2D eigenvalue weighted by atomic mass is 9.83. The first kappa shape index (κ1) is 40.6. The van der Waals surface area contributed by atoms with E-state index in [9.17, 15) is 18.0 Å². The zero-order valence-electron chi connectivity index (χ0n) is 29.9. The number of hydrogen-bond acceptors (Lipinski definition) is 7. The summed E-state index contributed by atoms with van der Waals surface area (Å²) in [4.78, 5) is 36.7. The van der Waals surface area contributed by atoms with Crippen molar-refractivity contribution in [2.45, 2.75) is 70.5 Å². The van der Waals surface area contributed by atoms with E-state index in [-0.39, 0.29) is 58.7 Å². The number of primary amides is 1. The molecule has 2 aliphatic rings. The number of benzene rings is 2. The van der Waals surface area contributed by atoms with Gasteiger partial charge in [-0.05, 0) is 77.8 Å². The summed E-state index contributed by atoms with van der Waals surface area (Å²) in [5.74, 6) is -0.107. The van der Waals surface area contributed by atoms with Crippen molar-refractivity contribution < 1.29 is 22.7 Å². The Balaban J connectivity index is 1.97. The molecular weight excluding hydrogens is 735 g/mol. The molecule has 278 valence electrons. The van der Waals surface area contributed by atoms with Crippen molar-refractivity contribution in [3.63, 3.8) is 0 Å². The number of allylic oxidation sites excluding steroid dienone is 3. The molecule has 1 aliphatic carbocycles. The molecule has 3 N–H and O–H groups in total. The molecule has 0 spiro atoms. The average molecular weight is 782 g/mol. The molecular formula is C36H47Cl3N6O5S. The van der Waals surface area contributed by atoms with Gasteiger partial charge in [0, 0.05) is 53.8 Å². The van der Waals surface area contributed by atoms with Gasteiger partial charge < -0.3 is 15.4 Å². The predicted octanol–water partition coefficient (Wildman–Crippen LogP) is 6.42. The summed E-state index contributed by atoms with van der Waals surface area (Å²) in [5, 5.41) is 1.11. The van der Waals surface area contributed by atoms with Crippen LogP contribution in [0.25, 0.3) is 0 Å². The van der Waals surface area contributed by atoms with Crippen molar-refractivity contribution in [3.8, 4) is 5.75 Å². The SMILES string of the molecule is CCOc1cc(Cl)c(S(=O)(=O)NC(C)(C)C)cc1C(=NC(C)(C)C1C=CC(Cl)=CC1)N(Cc1ccc(Cl)cc1)C(=O)N1CCN(CC(N)=O)CC1. The number of amides is 3. The molecule has 1 aliphatic heterocycles. The molecule has 0 bridgehead atoms. The van der Waals surface area contributed by atoms with Crippen LogP contribution in [0.15, 0.2) is 69.5 Å². The molecule has 15 heteroatoms. The van der Waals surface area contributed by atoms with E-state index in [0.717, 1.165) is 5.56 Å². The van der Waals surface area contributed by atoms with E-state index in [2.05, 4.69) is 4.72 Å². The molecule has 1 unspecified atom stereocenters. The minimum atomic E-state index is -4.15. The number of piperazine rings is 1. The monoisotopic (exact) mass is 780 g/mol. The lowest BCUT2D eigenvalue weighted by Gasteiger charge is -2.39. The molecule has 0 aromatic heterocycles. The topological polar surface area (TPSA) is 138 Å². The van der Waals surface area contributed by atoms with Crippen LogP contribution in [-0.2, 0) is 21.4 Å². The number of sulfonamides is 1. The lowest BCUT2D eigenvalue weighted by Crippen LogP contribution is -2.55. The molecule has 51 heavy (non-hydrogen) atoms. The highest BCUT2D eigenvalue weighted by atomic mass is 35.5. The standard InChI is InChI=1S/C36H47Cl3N6O5S/c1-7-50-30-21-29(39)31(51(48,49)42-35(2,3)4)20-28(30)33(41-36(5,6)25-10-14-27(38)15-11-25)45(22-24-8-12-26(37)13-9-24)34(47)44-18-16-43(17-19-44)23-32(40)46/h8-10,12-15,20-21,25,42H,7,11,16-19,22-23H2,1-6H3,(H2,40,46). The van der Waals surface area contributed by atoms with Crippen molar-refractivity contribution in [2.75, 3.05) is 39.3 Å². The zero-order valence-corrected chi connectivity index (χ0v) is 33.0. The fraction of sp³-hybridized carbons (Fsp3) is 0.472. The minimum absolute atomic E-state index is 0.0475. The molecule has 11 nitrogen and oxygen atoms in total. The Hall–Kier alpha value is -3.13. The second kappa shape index (κ2) is 16.7. The van der Waals surface area contributed by atoms with E-state index < -0.39 is 27.0 Å². The Morgan fingerprint density at radius 3 is 2.24 bits per heavy atom. The van der Waals surface area contributed by atoms with E-state index in [4.69, 9.17) is 50.3 Å². The maximum atomic E-state index is 14.8. The van der Waals surface area contributed by atoms with Crippen molar-refractivity contribution in [3.05, 3.63) is 80.8 Å². The van der Waals surface area contributed by atoms with Gasteiger partial charge in [-0.15, -0.1) is 0 Å². The van der Waals surface area contributed by atoms with Crippen molar-refractivity contribution in [2.24, 2.45) is 16.6 Å². The fourth-order valence-corrected chi connectivity index (χ4v) is 8.13. The van der Waals surface area contributed by atoms with Gasteiger partial charge in [0.15, 0.2) is 0 Å². The van der Waals surface area contributed by atoms with E-state index in [0.29, 0.717) is 42.7 Å². The van der Waals surface area contributed by atoms with Gasteiger partial charge in [-0.1, -0.05) is 59.1 Å². The quantitative estimate of drug-likeness (QED) is 0.200. The van der Waals surface area contributed by atoms with Gasteiger partial charge in [-0.2, -0.15) is 0 Å². The average Bonchev–Trinajstić information content (AvgIpc) is 3.03. The maximum Gasteiger partial charge on any atom is 0.326 e. The number of hydrogen-bond donors (Lipinski definition) is 2. The molecule has 1 fully saturated rings. The van der Waals surface area contributed by atoms with Crippen molar-refractivity contribution >= 4 is 62.6 Å². The van der Waals surface area contributed by atoms with Crippen LogP contribution in [-0.4, -0.2) is 91.3 Å². The molecule has 0 radical (unpaired) electrons. The number of aliphatic imine (C=N–C) groups is 1. The number of nitrogens with two attached hydrogens (primary N) is 1. The van der Waals surface area contributed by atoms with Crippen molar-refractivity contribution in [1.82, 2.24) is 19.4 Å². The number of carbonyl (C=O) groups excluding carboxylic acids is 2. The molecule has 2 aromatic rings. The van der Waals surface area contributed by atoms with Gasteiger partial charge in [0.25, 0.3) is 0 Å². The van der Waals surface area contributed by atoms with Gasteiger partial charge in [0.2, 0.25) is 15.9 Å². The number of ether oxygens (including phenoxy) is 1. The van der Waals surface area contributed by atoms with Gasteiger partial charge in [-0.25, -0.2) is 17.9 Å². The second-order valence-electron chi connectivity index (χ2n) is 14.2. The van der Waals surface area contributed by atoms with Crippen LogP contribution < -0.4 is 15.2 Å². The number of halogens is 3. The van der Waals surface area contributed by atoms with Gasteiger partial charge in [0.05, 0.1) is 35.8 Å². The Bertz CT molecular complexity index is 1800. The largest absolute Gasteiger partial charge is 0.493 e. The third-order valence-corrected chi connectivity index (χ3v) is 11.2. The third-order valence-electron chi connectivity index (χ3n) is 8.42. The van der Waals surface area contributed by atoms with Gasteiger partial charge in [-0.3, -0.25) is 19.6 Å². The molecule has 1 heterocycles. The first-order chi connectivity index (χ1) is 23.8. The molecule has 1 atom stereocenters. The van der Waals surface area contributed by atoms with Crippen LogP contribution in [0.1, 0.15) is 59.1 Å². The maximum absolute atomic E-state index is 14.8. The molecule has 1 saturated heterocycles. The number of nitrogens with zero attached hydrogens (tertiary/aromatic N) is 4. The third kappa shape index (κ3) is 10.9. The highest BCUT2D eigenvalue weighted by molar-refractivity contribution is 7.89. The number of nitrogens with one attached hydrogen (secondary N) is 1. The normalized spacial score (nSPS) is 17.7. The Kier molecular flexibility index (Phi) is 13.3. The summed E-state index contributed by atoms with van der Waals surface area (Å²) in [5.41, 5.74) is 4.83. The van der Waals surface area contributed by atoms with Crippen LogP contribution in [0.3, 0.4) is 0 Å². The zero-order chi connectivity index (χ0) is 37.7. The summed E-state index contributed by atoms with van der Waals surface area (Å²) in [6.45, 7) is 12.8. The smallest absolute Gasteiger partial charge is 0.326 e. The van der Waals surface area contributed by atoms with Gasteiger partial charge in [0.1, 0.15) is 16.5 Å². The molecule has 2 aromatic carbocycles. The minimum Gasteiger partial charge on any atom is -0.493 e. The summed E-state index contributed by atoms with van der Waals surface area (Å²) < 4.78 is 36.4. The number of carbonyl (C=O) groups is 2. The Morgan fingerprint density at radius 2 is 1.69 bits per heavy atom. The predicted molar refractivity (Wildman–Crippen MR) is 204 cm³/mol. The Morgan fingerprint density at radius 1 is 1.04 bits per heavy atom. The van der Waals surface area contributed by atoms with Crippen LogP contribution in [0.4, 0.5) is 4.79 Å². The first-order valence-electron chi connectivity index (χ1n) is 16.8. The molecule has 4 rings (SSSR count). The Labute approximate surface area is 316 Å². The van der Waals surface area contributed by atoms with E-state index >= 15 is 0 Å².